The van der Waals surface area contributed by atoms with Gasteiger partial charge in [0.05, 0.1) is 0 Å². The molecule has 0 aliphatic heterocycles. The Hall–Kier alpha value is -1.83. The molecule has 2 heteroatoms. The molecule has 18 heavy (non-hydrogen) atoms. The van der Waals surface area contributed by atoms with Gasteiger partial charge in [-0.15, -0.1) is 0 Å². The van der Waals surface area contributed by atoms with Crippen molar-refractivity contribution in [3.63, 3.8) is 0 Å². The molecule has 1 N–H and O–H groups in total. The van der Waals surface area contributed by atoms with Crippen molar-refractivity contribution in [1.29, 1.82) is 0 Å². The van der Waals surface area contributed by atoms with Crippen molar-refractivity contribution in [3.8, 4) is 0 Å². The molecule has 0 atom stereocenters. The van der Waals surface area contributed by atoms with E-state index in [4.69, 9.17) is 0 Å². The van der Waals surface area contributed by atoms with E-state index in [0.29, 0.717) is 5.56 Å². The number of aryl methyl sites for hydroxylation is 1. The molecule has 0 saturated carbocycles. The maximum absolute atomic E-state index is 12.0. The fraction of sp³-hybridized carbons (Fsp3) is 0.312. The number of allylic oxidation sites excluding steroid dienone is 3. The monoisotopic (exact) mass is 241 g/mol. The van der Waals surface area contributed by atoms with Crippen LogP contribution in [0.2, 0.25) is 0 Å². The molecular formula is C16H19NO. The van der Waals surface area contributed by atoms with Crippen LogP contribution in [-0.4, -0.2) is 5.91 Å². The zero-order valence-corrected chi connectivity index (χ0v) is 11.2. The summed E-state index contributed by atoms with van der Waals surface area (Å²) in [5.41, 5.74) is 2.93. The van der Waals surface area contributed by atoms with Crippen LogP contribution < -0.4 is 5.32 Å². The normalized spacial score (nSPS) is 17.2. The molecule has 1 aromatic rings. The second-order valence-corrected chi connectivity index (χ2v) is 5.51. The summed E-state index contributed by atoms with van der Waals surface area (Å²) < 4.78 is 0. The van der Waals surface area contributed by atoms with E-state index in [-0.39, 0.29) is 11.3 Å². The van der Waals surface area contributed by atoms with Crippen LogP contribution in [-0.2, 0) is 0 Å². The SMILES string of the molecule is Cc1ccc(C(=O)NC2=CCC(C)(C)C=C2)cc1. The Bertz CT molecular complexity index is 506. The lowest BCUT2D eigenvalue weighted by Crippen LogP contribution is -2.24. The van der Waals surface area contributed by atoms with Gasteiger partial charge in [-0.3, -0.25) is 4.79 Å². The maximum atomic E-state index is 12.0. The van der Waals surface area contributed by atoms with Gasteiger partial charge in [0.1, 0.15) is 0 Å². The largest absolute Gasteiger partial charge is 0.322 e. The minimum Gasteiger partial charge on any atom is -0.322 e. The molecule has 94 valence electrons. The fourth-order valence-electron chi connectivity index (χ4n) is 1.83. The topological polar surface area (TPSA) is 29.1 Å². The molecular weight excluding hydrogens is 222 g/mol. The number of hydrogen-bond donors (Lipinski definition) is 1. The molecule has 0 bridgehead atoms. The number of benzene rings is 1. The minimum atomic E-state index is -0.0504. The number of rotatable bonds is 2. The number of carbonyl (C=O) groups is 1. The van der Waals surface area contributed by atoms with E-state index in [2.05, 4.69) is 31.3 Å². The number of carbonyl (C=O) groups excluding carboxylic acids is 1. The number of hydrogen-bond acceptors (Lipinski definition) is 1. The van der Waals surface area contributed by atoms with Crippen LogP contribution in [0.1, 0.15) is 36.2 Å². The van der Waals surface area contributed by atoms with Crippen LogP contribution >= 0.6 is 0 Å². The fourth-order valence-corrected chi connectivity index (χ4v) is 1.83. The first-order valence-electron chi connectivity index (χ1n) is 6.24. The van der Waals surface area contributed by atoms with Gasteiger partial charge in [-0.2, -0.15) is 0 Å². The van der Waals surface area contributed by atoms with Crippen LogP contribution in [0.5, 0.6) is 0 Å². The highest BCUT2D eigenvalue weighted by Crippen LogP contribution is 2.27. The van der Waals surface area contributed by atoms with Gasteiger partial charge < -0.3 is 5.32 Å². The molecule has 0 unspecified atom stereocenters. The predicted molar refractivity (Wildman–Crippen MR) is 74.3 cm³/mol. The summed E-state index contributed by atoms with van der Waals surface area (Å²) in [6.07, 6.45) is 7.15. The summed E-state index contributed by atoms with van der Waals surface area (Å²) in [6, 6.07) is 7.59. The smallest absolute Gasteiger partial charge is 0.255 e. The third kappa shape index (κ3) is 3.10. The molecule has 0 heterocycles. The standard InChI is InChI=1S/C16H19NO/c1-12-4-6-13(7-5-12)15(18)17-14-8-10-16(2,3)11-9-14/h4-10H,11H2,1-3H3,(H,17,18). The van der Waals surface area contributed by atoms with Gasteiger partial charge in [0.2, 0.25) is 0 Å². The van der Waals surface area contributed by atoms with Crippen molar-refractivity contribution in [2.24, 2.45) is 5.41 Å². The Morgan fingerprint density at radius 2 is 1.89 bits per heavy atom. The Morgan fingerprint density at radius 1 is 1.22 bits per heavy atom. The minimum absolute atomic E-state index is 0.0504. The van der Waals surface area contributed by atoms with Crippen LogP contribution in [0.25, 0.3) is 0 Å². The lowest BCUT2D eigenvalue weighted by molar-refractivity contribution is 0.0966. The van der Waals surface area contributed by atoms with Crippen molar-refractivity contribution in [2.45, 2.75) is 27.2 Å². The van der Waals surface area contributed by atoms with Crippen molar-refractivity contribution >= 4 is 5.91 Å². The summed E-state index contributed by atoms with van der Waals surface area (Å²) in [4.78, 5) is 12.0. The van der Waals surface area contributed by atoms with Crippen LogP contribution in [0.4, 0.5) is 0 Å². The second-order valence-electron chi connectivity index (χ2n) is 5.51. The third-order valence-electron chi connectivity index (χ3n) is 3.13. The molecule has 0 saturated heterocycles. The zero-order valence-electron chi connectivity index (χ0n) is 11.2. The third-order valence-corrected chi connectivity index (χ3v) is 3.13. The first kappa shape index (κ1) is 12.6. The van der Waals surface area contributed by atoms with Crippen LogP contribution in [0.15, 0.2) is 48.2 Å². The first-order chi connectivity index (χ1) is 8.46. The highest BCUT2D eigenvalue weighted by molar-refractivity contribution is 5.95. The summed E-state index contributed by atoms with van der Waals surface area (Å²) in [5, 5.41) is 2.93. The number of amides is 1. The Kier molecular flexibility index (Phi) is 3.37. The molecule has 2 rings (SSSR count). The molecule has 0 fully saturated rings. The highest BCUT2D eigenvalue weighted by atomic mass is 16.1. The summed E-state index contributed by atoms with van der Waals surface area (Å²) in [5.74, 6) is -0.0504. The summed E-state index contributed by atoms with van der Waals surface area (Å²) in [6.45, 7) is 6.37. The lowest BCUT2D eigenvalue weighted by atomic mass is 9.85. The van der Waals surface area contributed by atoms with Crippen molar-refractivity contribution in [1.82, 2.24) is 5.32 Å². The van der Waals surface area contributed by atoms with Gasteiger partial charge in [-0.1, -0.05) is 43.7 Å². The molecule has 0 spiro atoms. The summed E-state index contributed by atoms with van der Waals surface area (Å²) >= 11 is 0. The van der Waals surface area contributed by atoms with Gasteiger partial charge >= 0.3 is 0 Å². The van der Waals surface area contributed by atoms with E-state index >= 15 is 0 Å². The van der Waals surface area contributed by atoms with E-state index < -0.39 is 0 Å². The van der Waals surface area contributed by atoms with Gasteiger partial charge in [0, 0.05) is 11.3 Å². The molecule has 0 aromatic heterocycles. The van der Waals surface area contributed by atoms with Crippen molar-refractivity contribution < 1.29 is 4.79 Å². The van der Waals surface area contributed by atoms with Gasteiger partial charge in [0.15, 0.2) is 0 Å². The average molecular weight is 241 g/mol. The Balaban J connectivity index is 2.03. The molecule has 2 nitrogen and oxygen atoms in total. The second kappa shape index (κ2) is 4.81. The van der Waals surface area contributed by atoms with Gasteiger partial charge in [-0.25, -0.2) is 0 Å². The Labute approximate surface area is 108 Å². The van der Waals surface area contributed by atoms with E-state index in [1.807, 2.05) is 37.3 Å². The van der Waals surface area contributed by atoms with Crippen LogP contribution in [0.3, 0.4) is 0 Å². The average Bonchev–Trinajstić information content (AvgIpc) is 2.33. The quantitative estimate of drug-likeness (QED) is 0.842. The van der Waals surface area contributed by atoms with Gasteiger partial charge in [0.25, 0.3) is 5.91 Å². The van der Waals surface area contributed by atoms with E-state index in [1.165, 1.54) is 0 Å². The number of nitrogens with one attached hydrogen (secondary N) is 1. The lowest BCUT2D eigenvalue weighted by Gasteiger charge is -2.22. The maximum Gasteiger partial charge on any atom is 0.255 e. The summed E-state index contributed by atoms with van der Waals surface area (Å²) in [7, 11) is 0. The zero-order chi connectivity index (χ0) is 13.2. The van der Waals surface area contributed by atoms with E-state index in [1.54, 1.807) is 0 Å². The first-order valence-corrected chi connectivity index (χ1v) is 6.24. The Morgan fingerprint density at radius 3 is 2.44 bits per heavy atom. The van der Waals surface area contributed by atoms with Gasteiger partial charge in [-0.05, 0) is 37.0 Å². The van der Waals surface area contributed by atoms with Crippen molar-refractivity contribution in [2.75, 3.05) is 0 Å². The molecule has 1 aliphatic carbocycles. The molecule has 1 aromatic carbocycles. The van der Waals surface area contributed by atoms with E-state index in [9.17, 15) is 4.79 Å². The predicted octanol–water partition coefficient (Wildman–Crippen LogP) is 3.59. The van der Waals surface area contributed by atoms with Crippen molar-refractivity contribution in [3.05, 3.63) is 59.3 Å². The van der Waals surface area contributed by atoms with E-state index in [0.717, 1.165) is 17.7 Å². The molecule has 0 radical (unpaired) electrons. The molecule has 1 aliphatic rings. The molecule has 1 amide bonds. The highest BCUT2D eigenvalue weighted by Gasteiger charge is 2.17. The van der Waals surface area contributed by atoms with Crippen LogP contribution in [0, 0.1) is 12.3 Å².